The molecule has 9 heteroatoms. The number of hydrogen-bond acceptors (Lipinski definition) is 5. The molecule has 3 N–H and O–H groups in total. The van der Waals surface area contributed by atoms with Gasteiger partial charge in [0.15, 0.2) is 0 Å². The van der Waals surface area contributed by atoms with Crippen LogP contribution in [-0.4, -0.2) is 48.7 Å². The van der Waals surface area contributed by atoms with Crippen LogP contribution in [0.5, 0.6) is 11.5 Å². The highest BCUT2D eigenvalue weighted by Crippen LogP contribution is 2.49. The molecule has 0 radical (unpaired) electrons. The SMILES string of the molecule is COc1cc(Cl)c(OC2CCC(C)(C(=O)O)CC2)cc1C(=O)N[C@@H]1[C@H]2CC[C@H](C2)[C@@H]1C(=O)NCC(C)(C)C. The van der Waals surface area contributed by atoms with Crippen LogP contribution in [0.15, 0.2) is 12.1 Å². The van der Waals surface area contributed by atoms with Crippen molar-refractivity contribution in [3.8, 4) is 11.5 Å². The van der Waals surface area contributed by atoms with Crippen molar-refractivity contribution in [2.45, 2.75) is 84.8 Å². The summed E-state index contributed by atoms with van der Waals surface area (Å²) in [5, 5.41) is 16.1. The highest BCUT2D eigenvalue weighted by Gasteiger charge is 2.51. The number of carbonyl (C=O) groups excluding carboxylic acids is 2. The van der Waals surface area contributed by atoms with Crippen LogP contribution >= 0.6 is 11.6 Å². The topological polar surface area (TPSA) is 114 Å². The number of halogens is 1. The lowest BCUT2D eigenvalue weighted by Crippen LogP contribution is -2.50. The van der Waals surface area contributed by atoms with Crippen LogP contribution in [0.4, 0.5) is 0 Å². The quantitative estimate of drug-likeness (QED) is 0.418. The van der Waals surface area contributed by atoms with E-state index in [1.807, 2.05) is 0 Å². The highest BCUT2D eigenvalue weighted by atomic mass is 35.5. The van der Waals surface area contributed by atoms with E-state index in [-0.39, 0.29) is 47.1 Å². The van der Waals surface area contributed by atoms with Crippen molar-refractivity contribution in [1.82, 2.24) is 10.6 Å². The van der Waals surface area contributed by atoms with Gasteiger partial charge in [-0.2, -0.15) is 0 Å². The van der Waals surface area contributed by atoms with E-state index in [0.29, 0.717) is 54.3 Å². The van der Waals surface area contributed by atoms with Gasteiger partial charge in [-0.3, -0.25) is 14.4 Å². The molecule has 3 aliphatic carbocycles. The number of amides is 2. The molecule has 8 nitrogen and oxygen atoms in total. The summed E-state index contributed by atoms with van der Waals surface area (Å²) in [6.07, 6.45) is 4.96. The standard InChI is InChI=1S/C29H41ClN2O6/c1-28(2,3)15-31-26(34)23-16-6-7-17(12-16)24(23)32-25(33)19-13-22(20(30)14-21(19)37-5)38-18-8-10-29(4,11-9-18)27(35)36/h13-14,16-18,23-24H,6-12,15H2,1-5H3,(H,31,34)(H,32,33)(H,35,36)/t16-,17+,18?,23+,24-,29?/m1/s1. The molecule has 210 valence electrons. The van der Waals surface area contributed by atoms with Crippen LogP contribution in [0.2, 0.25) is 5.02 Å². The van der Waals surface area contributed by atoms with Crippen LogP contribution in [0, 0.1) is 28.6 Å². The fourth-order valence-corrected chi connectivity index (χ4v) is 6.49. The summed E-state index contributed by atoms with van der Waals surface area (Å²) in [7, 11) is 1.48. The highest BCUT2D eigenvalue weighted by molar-refractivity contribution is 6.32. The van der Waals surface area contributed by atoms with Gasteiger partial charge in [0, 0.05) is 18.7 Å². The molecule has 2 bridgehead atoms. The van der Waals surface area contributed by atoms with Crippen LogP contribution in [0.25, 0.3) is 0 Å². The molecule has 0 aromatic heterocycles. The number of ether oxygens (including phenoxy) is 2. The molecule has 2 amide bonds. The number of aliphatic carboxylic acids is 1. The number of methoxy groups -OCH3 is 1. The molecule has 0 unspecified atom stereocenters. The lowest BCUT2D eigenvalue weighted by molar-refractivity contribution is -0.150. The van der Waals surface area contributed by atoms with Gasteiger partial charge in [-0.1, -0.05) is 32.4 Å². The van der Waals surface area contributed by atoms with Gasteiger partial charge >= 0.3 is 5.97 Å². The molecule has 4 rings (SSSR count). The summed E-state index contributed by atoms with van der Waals surface area (Å²) < 4.78 is 11.6. The molecule has 0 saturated heterocycles. The van der Waals surface area contributed by atoms with Gasteiger partial charge in [0.1, 0.15) is 11.5 Å². The summed E-state index contributed by atoms with van der Waals surface area (Å²) in [6.45, 7) is 8.59. The normalized spacial score (nSPS) is 30.5. The second-order valence-corrected chi connectivity index (χ2v) is 13.2. The van der Waals surface area contributed by atoms with Gasteiger partial charge in [-0.25, -0.2) is 0 Å². The Balaban J connectivity index is 1.48. The minimum Gasteiger partial charge on any atom is -0.496 e. The van der Waals surface area contributed by atoms with E-state index >= 15 is 0 Å². The van der Waals surface area contributed by atoms with Gasteiger partial charge in [-0.15, -0.1) is 0 Å². The molecule has 0 heterocycles. The third kappa shape index (κ3) is 6.05. The van der Waals surface area contributed by atoms with Crippen molar-refractivity contribution in [2.24, 2.45) is 28.6 Å². The second-order valence-electron chi connectivity index (χ2n) is 12.8. The molecule has 1 aromatic carbocycles. The van der Waals surface area contributed by atoms with Crippen molar-refractivity contribution in [3.05, 3.63) is 22.7 Å². The maximum Gasteiger partial charge on any atom is 0.309 e. The van der Waals surface area contributed by atoms with Crippen LogP contribution < -0.4 is 20.1 Å². The second kappa shape index (κ2) is 10.9. The number of carboxylic acid groups (broad SMARTS) is 1. The van der Waals surface area contributed by atoms with E-state index in [9.17, 15) is 19.5 Å². The van der Waals surface area contributed by atoms with E-state index in [2.05, 4.69) is 31.4 Å². The molecule has 4 atom stereocenters. The third-order valence-electron chi connectivity index (χ3n) is 8.65. The van der Waals surface area contributed by atoms with Crippen LogP contribution in [0.3, 0.4) is 0 Å². The number of fused-ring (bicyclic) bond motifs is 2. The first-order valence-corrected chi connectivity index (χ1v) is 14.1. The summed E-state index contributed by atoms with van der Waals surface area (Å²) in [4.78, 5) is 38.3. The van der Waals surface area contributed by atoms with Gasteiger partial charge < -0.3 is 25.2 Å². The minimum absolute atomic E-state index is 0.00942. The summed E-state index contributed by atoms with van der Waals surface area (Å²) in [5.74, 6) is -0.101. The Bertz CT molecular complexity index is 1080. The Morgan fingerprint density at radius 3 is 2.34 bits per heavy atom. The molecule has 3 fully saturated rings. The van der Waals surface area contributed by atoms with Crippen molar-refractivity contribution in [3.63, 3.8) is 0 Å². The number of benzene rings is 1. The zero-order valence-electron chi connectivity index (χ0n) is 23.1. The Labute approximate surface area is 230 Å². The molecule has 38 heavy (non-hydrogen) atoms. The van der Waals surface area contributed by atoms with E-state index in [0.717, 1.165) is 19.3 Å². The van der Waals surface area contributed by atoms with Gasteiger partial charge in [0.05, 0.1) is 35.1 Å². The minimum atomic E-state index is -0.789. The number of nitrogens with one attached hydrogen (secondary N) is 2. The fraction of sp³-hybridized carbons (Fsp3) is 0.690. The summed E-state index contributed by atoms with van der Waals surface area (Å²) in [5.41, 5.74) is -0.469. The molecule has 3 aliphatic rings. The Morgan fingerprint density at radius 2 is 1.74 bits per heavy atom. The van der Waals surface area contributed by atoms with Crippen LogP contribution in [0.1, 0.15) is 83.0 Å². The lowest BCUT2D eigenvalue weighted by atomic mass is 9.75. The Hall–Kier alpha value is -2.48. The van der Waals surface area contributed by atoms with Crippen molar-refractivity contribution in [1.29, 1.82) is 0 Å². The maximum absolute atomic E-state index is 13.6. The number of carbonyl (C=O) groups is 3. The molecular weight excluding hydrogens is 508 g/mol. The van der Waals surface area contributed by atoms with E-state index in [1.165, 1.54) is 7.11 Å². The fourth-order valence-electron chi connectivity index (χ4n) is 6.29. The Morgan fingerprint density at radius 1 is 1.08 bits per heavy atom. The van der Waals surface area contributed by atoms with Crippen molar-refractivity contribution >= 4 is 29.4 Å². The molecule has 0 spiro atoms. The largest absolute Gasteiger partial charge is 0.496 e. The van der Waals surface area contributed by atoms with E-state index < -0.39 is 11.4 Å². The van der Waals surface area contributed by atoms with Crippen molar-refractivity contribution < 1.29 is 29.0 Å². The van der Waals surface area contributed by atoms with Gasteiger partial charge in [0.25, 0.3) is 5.91 Å². The van der Waals surface area contributed by atoms with E-state index in [1.54, 1.807) is 19.1 Å². The maximum atomic E-state index is 13.6. The van der Waals surface area contributed by atoms with Gasteiger partial charge in [0.2, 0.25) is 5.91 Å². The van der Waals surface area contributed by atoms with Crippen molar-refractivity contribution in [2.75, 3.05) is 13.7 Å². The monoisotopic (exact) mass is 548 g/mol. The first-order valence-electron chi connectivity index (χ1n) is 13.7. The number of rotatable bonds is 8. The number of hydrogen-bond donors (Lipinski definition) is 3. The molecule has 0 aliphatic heterocycles. The summed E-state index contributed by atoms with van der Waals surface area (Å²) in [6, 6.07) is 2.94. The Kier molecular flexibility index (Phi) is 8.22. The third-order valence-corrected chi connectivity index (χ3v) is 8.95. The van der Waals surface area contributed by atoms with E-state index in [4.69, 9.17) is 21.1 Å². The zero-order valence-corrected chi connectivity index (χ0v) is 23.8. The first-order chi connectivity index (χ1) is 17.8. The predicted molar refractivity (Wildman–Crippen MR) is 145 cm³/mol. The summed E-state index contributed by atoms with van der Waals surface area (Å²) >= 11 is 6.48. The van der Waals surface area contributed by atoms with Crippen LogP contribution in [-0.2, 0) is 9.59 Å². The average Bonchev–Trinajstić information content (AvgIpc) is 3.46. The molecule has 1 aromatic rings. The first kappa shape index (κ1) is 28.5. The molecule has 3 saturated carbocycles. The predicted octanol–water partition coefficient (Wildman–Crippen LogP) is 5.07. The zero-order chi connectivity index (χ0) is 27.8. The molecular formula is C29H41ClN2O6. The average molecular weight is 549 g/mol. The van der Waals surface area contributed by atoms with Gasteiger partial charge in [-0.05, 0) is 75.2 Å². The lowest BCUT2D eigenvalue weighted by Gasteiger charge is -2.34. The smallest absolute Gasteiger partial charge is 0.309 e. The number of carboxylic acids is 1.